The zero-order valence-corrected chi connectivity index (χ0v) is 18.3. The van der Waals surface area contributed by atoms with Gasteiger partial charge in [-0.1, -0.05) is 19.1 Å². The largest absolute Gasteiger partial charge is 0.497 e. The highest BCUT2D eigenvalue weighted by Crippen LogP contribution is 2.24. The average Bonchev–Trinajstić information content (AvgIpc) is 2.85. The minimum Gasteiger partial charge on any atom is -0.497 e. The van der Waals surface area contributed by atoms with Gasteiger partial charge in [0.05, 0.1) is 12.5 Å². The molecule has 168 valence electrons. The maximum Gasteiger partial charge on any atom is 0.262 e. The Bertz CT molecular complexity index is 1310. The van der Waals surface area contributed by atoms with Gasteiger partial charge < -0.3 is 23.9 Å². The van der Waals surface area contributed by atoms with Crippen LogP contribution in [-0.2, 0) is 11.2 Å². The molecule has 0 fully saturated rings. The molecule has 1 N–H and O–H groups in total. The molecule has 0 aliphatic rings. The van der Waals surface area contributed by atoms with Crippen LogP contribution in [0, 0.1) is 0 Å². The summed E-state index contributed by atoms with van der Waals surface area (Å²) in [6.45, 7) is 1.87. The predicted octanol–water partition coefficient (Wildman–Crippen LogP) is 5.17. The van der Waals surface area contributed by atoms with Gasteiger partial charge in [-0.3, -0.25) is 9.59 Å². The number of methoxy groups -OCH3 is 1. The highest BCUT2D eigenvalue weighted by molar-refractivity contribution is 5.92. The number of rotatable bonds is 8. The van der Waals surface area contributed by atoms with E-state index in [9.17, 15) is 9.59 Å². The molecule has 0 radical (unpaired) electrons. The Morgan fingerprint density at radius 2 is 1.64 bits per heavy atom. The third-order valence-corrected chi connectivity index (χ3v) is 5.02. The van der Waals surface area contributed by atoms with Gasteiger partial charge in [0, 0.05) is 11.8 Å². The minimum absolute atomic E-state index is 0.0966. The fraction of sp³-hybridized carbons (Fsp3) is 0.154. The van der Waals surface area contributed by atoms with Gasteiger partial charge in [0.15, 0.2) is 6.61 Å². The number of ether oxygens (including phenoxy) is 3. The zero-order valence-electron chi connectivity index (χ0n) is 18.3. The van der Waals surface area contributed by atoms with Gasteiger partial charge in [-0.2, -0.15) is 0 Å². The number of carbonyl (C=O) groups excluding carboxylic acids is 1. The predicted molar refractivity (Wildman–Crippen MR) is 125 cm³/mol. The number of nitrogens with one attached hydrogen (secondary N) is 1. The fourth-order valence-corrected chi connectivity index (χ4v) is 3.19. The normalized spacial score (nSPS) is 10.6. The number of hydrogen-bond acceptors (Lipinski definition) is 6. The summed E-state index contributed by atoms with van der Waals surface area (Å²) in [5, 5.41) is 3.09. The summed E-state index contributed by atoms with van der Waals surface area (Å²) in [5.41, 5.74) is 1.85. The Balaban J connectivity index is 1.41. The molecule has 3 aromatic carbocycles. The molecule has 1 amide bonds. The molecule has 1 heterocycles. The molecule has 4 rings (SSSR count). The van der Waals surface area contributed by atoms with Gasteiger partial charge >= 0.3 is 0 Å². The van der Waals surface area contributed by atoms with E-state index in [4.69, 9.17) is 18.6 Å². The first-order valence-electron chi connectivity index (χ1n) is 10.4. The fourth-order valence-electron chi connectivity index (χ4n) is 3.19. The van der Waals surface area contributed by atoms with Crippen LogP contribution >= 0.6 is 0 Å². The second kappa shape index (κ2) is 9.91. The number of hydrogen-bond donors (Lipinski definition) is 1. The summed E-state index contributed by atoms with van der Waals surface area (Å²) in [6, 6.07) is 19.3. The molecule has 7 heteroatoms. The molecule has 0 atom stereocenters. The van der Waals surface area contributed by atoms with Gasteiger partial charge in [0.2, 0.25) is 11.2 Å². The molecule has 0 spiro atoms. The third kappa shape index (κ3) is 5.33. The van der Waals surface area contributed by atoms with E-state index in [1.807, 2.05) is 24.3 Å². The molecule has 4 aromatic rings. The highest BCUT2D eigenvalue weighted by Gasteiger charge is 2.11. The summed E-state index contributed by atoms with van der Waals surface area (Å²) in [7, 11) is 1.58. The van der Waals surface area contributed by atoms with Crippen LogP contribution in [0.15, 0.2) is 82.2 Å². The standard InChI is InChI=1S/C26H23NO6/c1-3-17-4-8-20(9-5-17)33-24-15-32-23-14-21(12-13-22(23)26(24)29)31-16-25(28)27-18-6-10-19(30-2)11-7-18/h4-15H,3,16H2,1-2H3,(H,27,28). The number of benzene rings is 3. The van der Waals surface area contributed by atoms with Crippen LogP contribution in [0.2, 0.25) is 0 Å². The molecule has 0 aliphatic carbocycles. The zero-order chi connectivity index (χ0) is 23.2. The van der Waals surface area contributed by atoms with Crippen molar-refractivity contribution in [2.24, 2.45) is 0 Å². The van der Waals surface area contributed by atoms with Crippen LogP contribution in [0.5, 0.6) is 23.0 Å². The number of carbonyl (C=O) groups is 1. The SMILES string of the molecule is CCc1ccc(Oc2coc3cc(OCC(=O)Nc4ccc(OC)cc4)ccc3c2=O)cc1. The van der Waals surface area contributed by atoms with Gasteiger partial charge in [-0.05, 0) is 60.5 Å². The van der Waals surface area contributed by atoms with Crippen molar-refractivity contribution in [1.29, 1.82) is 0 Å². The van der Waals surface area contributed by atoms with Crippen LogP contribution in [-0.4, -0.2) is 19.6 Å². The van der Waals surface area contributed by atoms with E-state index in [-0.39, 0.29) is 23.7 Å². The third-order valence-electron chi connectivity index (χ3n) is 5.02. The lowest BCUT2D eigenvalue weighted by Crippen LogP contribution is -2.20. The van der Waals surface area contributed by atoms with Crippen molar-refractivity contribution in [3.63, 3.8) is 0 Å². The lowest BCUT2D eigenvalue weighted by molar-refractivity contribution is -0.118. The topological polar surface area (TPSA) is 87.0 Å². The summed E-state index contributed by atoms with van der Waals surface area (Å²) >= 11 is 0. The van der Waals surface area contributed by atoms with E-state index in [2.05, 4.69) is 12.2 Å². The van der Waals surface area contributed by atoms with Crippen LogP contribution in [0.4, 0.5) is 5.69 Å². The molecule has 0 saturated carbocycles. The number of anilines is 1. The van der Waals surface area contributed by atoms with Crippen molar-refractivity contribution in [3.8, 4) is 23.0 Å². The monoisotopic (exact) mass is 445 g/mol. The summed E-state index contributed by atoms with van der Waals surface area (Å²) < 4.78 is 21.9. The van der Waals surface area contributed by atoms with E-state index in [0.717, 1.165) is 6.42 Å². The van der Waals surface area contributed by atoms with Crippen molar-refractivity contribution >= 4 is 22.6 Å². The van der Waals surface area contributed by atoms with Crippen LogP contribution in [0.25, 0.3) is 11.0 Å². The van der Waals surface area contributed by atoms with E-state index in [1.54, 1.807) is 49.6 Å². The molecule has 0 saturated heterocycles. The second-order valence-electron chi connectivity index (χ2n) is 7.25. The Labute approximate surface area is 190 Å². The van der Waals surface area contributed by atoms with E-state index < -0.39 is 0 Å². The maximum absolute atomic E-state index is 12.8. The minimum atomic E-state index is -0.320. The Hall–Kier alpha value is -4.26. The van der Waals surface area contributed by atoms with Gasteiger partial charge in [-0.25, -0.2) is 0 Å². The van der Waals surface area contributed by atoms with E-state index in [0.29, 0.717) is 33.9 Å². The van der Waals surface area contributed by atoms with Gasteiger partial charge in [-0.15, -0.1) is 0 Å². The summed E-state index contributed by atoms with van der Waals surface area (Å²) in [6.07, 6.45) is 2.20. The van der Waals surface area contributed by atoms with Crippen molar-refractivity contribution in [2.45, 2.75) is 13.3 Å². The molecular formula is C26H23NO6. The summed E-state index contributed by atoms with van der Waals surface area (Å²) in [4.78, 5) is 24.9. The van der Waals surface area contributed by atoms with Crippen molar-refractivity contribution in [3.05, 3.63) is 88.8 Å². The molecule has 33 heavy (non-hydrogen) atoms. The molecular weight excluding hydrogens is 422 g/mol. The Morgan fingerprint density at radius 3 is 2.33 bits per heavy atom. The molecule has 7 nitrogen and oxygen atoms in total. The first-order chi connectivity index (χ1) is 16.1. The molecule has 0 unspecified atom stereocenters. The molecule has 0 bridgehead atoms. The molecule has 0 aliphatic heterocycles. The van der Waals surface area contributed by atoms with E-state index >= 15 is 0 Å². The maximum atomic E-state index is 12.8. The smallest absolute Gasteiger partial charge is 0.262 e. The lowest BCUT2D eigenvalue weighted by Gasteiger charge is -2.09. The Morgan fingerprint density at radius 1 is 0.939 bits per heavy atom. The van der Waals surface area contributed by atoms with Crippen LogP contribution in [0.3, 0.4) is 0 Å². The number of amides is 1. The average molecular weight is 445 g/mol. The van der Waals surface area contributed by atoms with Crippen molar-refractivity contribution in [2.75, 3.05) is 19.0 Å². The lowest BCUT2D eigenvalue weighted by atomic mass is 10.2. The summed E-state index contributed by atoms with van der Waals surface area (Å²) in [5.74, 6) is 1.43. The van der Waals surface area contributed by atoms with Gasteiger partial charge in [0.25, 0.3) is 5.91 Å². The first kappa shape index (κ1) is 22.0. The first-order valence-corrected chi connectivity index (χ1v) is 10.4. The highest BCUT2D eigenvalue weighted by atomic mass is 16.5. The van der Waals surface area contributed by atoms with Crippen molar-refractivity contribution in [1.82, 2.24) is 0 Å². The van der Waals surface area contributed by atoms with Crippen LogP contribution < -0.4 is 25.0 Å². The number of fused-ring (bicyclic) bond motifs is 1. The quantitative estimate of drug-likeness (QED) is 0.402. The van der Waals surface area contributed by atoms with Gasteiger partial charge in [0.1, 0.15) is 29.1 Å². The second-order valence-corrected chi connectivity index (χ2v) is 7.25. The Kier molecular flexibility index (Phi) is 6.59. The van der Waals surface area contributed by atoms with E-state index in [1.165, 1.54) is 11.8 Å². The number of aryl methyl sites for hydroxylation is 1. The van der Waals surface area contributed by atoms with Crippen molar-refractivity contribution < 1.29 is 23.4 Å². The van der Waals surface area contributed by atoms with Crippen LogP contribution in [0.1, 0.15) is 12.5 Å². The molecule has 1 aromatic heterocycles.